The highest BCUT2D eigenvalue weighted by atomic mass is 79.9. The van der Waals surface area contributed by atoms with Gasteiger partial charge in [-0.15, -0.1) is 0 Å². The summed E-state index contributed by atoms with van der Waals surface area (Å²) in [6.07, 6.45) is -0.300. The number of hydrogen-bond acceptors (Lipinski definition) is 2. The smallest absolute Gasteiger partial charge is 0.229 e. The third-order valence-electron chi connectivity index (χ3n) is 2.84. The van der Waals surface area contributed by atoms with E-state index in [2.05, 4.69) is 15.9 Å². The number of nitrogens with zero attached hydrogens (tertiary/aromatic N) is 1. The fourth-order valence-corrected chi connectivity index (χ4v) is 2.25. The van der Waals surface area contributed by atoms with Gasteiger partial charge in [0.25, 0.3) is 0 Å². The number of carbonyl (C=O) groups is 1. The molecule has 1 saturated heterocycles. The number of benzene rings is 1. The second kappa shape index (κ2) is 4.18. The molecule has 1 aromatic carbocycles. The van der Waals surface area contributed by atoms with Gasteiger partial charge < -0.3 is 10.0 Å². The second-order valence-corrected chi connectivity index (χ2v) is 5.05. The molecule has 2 rings (SSSR count). The van der Waals surface area contributed by atoms with Crippen LogP contribution in [0.4, 0.5) is 5.69 Å². The Morgan fingerprint density at radius 1 is 1.38 bits per heavy atom. The van der Waals surface area contributed by atoms with E-state index in [0.29, 0.717) is 6.54 Å². The van der Waals surface area contributed by atoms with Gasteiger partial charge >= 0.3 is 0 Å². The lowest BCUT2D eigenvalue weighted by Crippen LogP contribution is -2.25. The number of aryl methyl sites for hydroxylation is 2. The number of amides is 1. The predicted octanol–water partition coefficient (Wildman–Crippen LogP) is 2.16. The van der Waals surface area contributed by atoms with Crippen LogP contribution in [0.1, 0.15) is 17.5 Å². The molecule has 16 heavy (non-hydrogen) atoms. The van der Waals surface area contributed by atoms with Gasteiger partial charge in [-0.3, -0.25) is 4.79 Å². The summed E-state index contributed by atoms with van der Waals surface area (Å²) < 4.78 is 1.07. The van der Waals surface area contributed by atoms with Crippen LogP contribution in [0.2, 0.25) is 0 Å². The van der Waals surface area contributed by atoms with Crippen molar-refractivity contribution in [2.24, 2.45) is 0 Å². The molecule has 86 valence electrons. The lowest BCUT2D eigenvalue weighted by Gasteiger charge is -2.18. The maximum Gasteiger partial charge on any atom is 0.229 e. The maximum atomic E-state index is 11.6. The van der Waals surface area contributed by atoms with E-state index in [1.165, 1.54) is 0 Å². The lowest BCUT2D eigenvalue weighted by atomic mass is 10.1. The van der Waals surface area contributed by atoms with Crippen molar-refractivity contribution in [2.45, 2.75) is 26.4 Å². The minimum atomic E-state index is -0.531. The van der Waals surface area contributed by atoms with Crippen LogP contribution in [0, 0.1) is 13.8 Å². The van der Waals surface area contributed by atoms with Gasteiger partial charge in [-0.1, -0.05) is 15.9 Å². The molecule has 1 atom stereocenters. The molecule has 0 aromatic heterocycles. The highest BCUT2D eigenvalue weighted by molar-refractivity contribution is 9.10. The standard InChI is InChI=1S/C12H14BrNO2/c1-7-3-9(4-8(2)12(7)13)14-6-10(15)5-11(14)16/h3-4,10,15H,5-6H2,1-2H3. The molecule has 1 aliphatic rings. The minimum Gasteiger partial charge on any atom is -0.391 e. The molecular formula is C12H14BrNO2. The van der Waals surface area contributed by atoms with Gasteiger partial charge in [-0.25, -0.2) is 0 Å². The number of aliphatic hydroxyl groups excluding tert-OH is 1. The fourth-order valence-electron chi connectivity index (χ4n) is 2.02. The first kappa shape index (κ1) is 11.6. The Bertz CT molecular complexity index is 422. The van der Waals surface area contributed by atoms with E-state index in [1.54, 1.807) is 4.90 Å². The third kappa shape index (κ3) is 1.99. The molecule has 0 radical (unpaired) electrons. The van der Waals surface area contributed by atoms with Crippen molar-refractivity contribution >= 4 is 27.5 Å². The van der Waals surface area contributed by atoms with Gasteiger partial charge in [0, 0.05) is 10.2 Å². The summed E-state index contributed by atoms with van der Waals surface area (Å²) in [5.41, 5.74) is 3.08. The summed E-state index contributed by atoms with van der Waals surface area (Å²) in [5, 5.41) is 9.45. The fraction of sp³-hybridized carbons (Fsp3) is 0.417. The summed E-state index contributed by atoms with van der Waals surface area (Å²) in [4.78, 5) is 13.3. The summed E-state index contributed by atoms with van der Waals surface area (Å²) >= 11 is 3.50. The summed E-state index contributed by atoms with van der Waals surface area (Å²) in [5.74, 6) is -0.00591. The van der Waals surface area contributed by atoms with Crippen molar-refractivity contribution in [1.82, 2.24) is 0 Å². The number of rotatable bonds is 1. The Balaban J connectivity index is 2.38. The molecule has 0 spiro atoms. The predicted molar refractivity (Wildman–Crippen MR) is 66.6 cm³/mol. The van der Waals surface area contributed by atoms with E-state index in [1.807, 2.05) is 26.0 Å². The Morgan fingerprint density at radius 3 is 2.38 bits per heavy atom. The molecule has 0 aliphatic carbocycles. The Labute approximate surface area is 103 Å². The normalized spacial score (nSPS) is 20.6. The molecule has 1 fully saturated rings. The molecule has 0 bridgehead atoms. The van der Waals surface area contributed by atoms with Gasteiger partial charge in [0.05, 0.1) is 19.1 Å². The molecule has 1 amide bonds. The van der Waals surface area contributed by atoms with Crippen molar-refractivity contribution in [3.05, 3.63) is 27.7 Å². The largest absolute Gasteiger partial charge is 0.391 e. The van der Waals surface area contributed by atoms with Crippen LogP contribution in [0.15, 0.2) is 16.6 Å². The highest BCUT2D eigenvalue weighted by Crippen LogP contribution is 2.29. The molecule has 1 aliphatic heterocycles. The van der Waals surface area contributed by atoms with Crippen molar-refractivity contribution in [3.8, 4) is 0 Å². The van der Waals surface area contributed by atoms with E-state index < -0.39 is 6.10 Å². The van der Waals surface area contributed by atoms with Crippen molar-refractivity contribution in [2.75, 3.05) is 11.4 Å². The molecule has 1 heterocycles. The van der Waals surface area contributed by atoms with Crippen LogP contribution in [-0.4, -0.2) is 23.7 Å². The first-order chi connectivity index (χ1) is 7.49. The number of aliphatic hydroxyl groups is 1. The van der Waals surface area contributed by atoms with Crippen molar-refractivity contribution < 1.29 is 9.90 Å². The molecular weight excluding hydrogens is 270 g/mol. The Morgan fingerprint density at radius 2 is 1.94 bits per heavy atom. The summed E-state index contributed by atoms with van der Waals surface area (Å²) in [6.45, 7) is 4.40. The van der Waals surface area contributed by atoms with Crippen LogP contribution in [0.5, 0.6) is 0 Å². The molecule has 4 heteroatoms. The van der Waals surface area contributed by atoms with E-state index in [9.17, 15) is 9.90 Å². The Kier molecular flexibility index (Phi) is 3.04. The minimum absolute atomic E-state index is 0.00591. The quantitative estimate of drug-likeness (QED) is 0.858. The average molecular weight is 284 g/mol. The first-order valence-corrected chi connectivity index (χ1v) is 6.03. The second-order valence-electron chi connectivity index (χ2n) is 4.26. The molecule has 3 nitrogen and oxygen atoms in total. The van der Waals surface area contributed by atoms with Gasteiger partial charge in [0.15, 0.2) is 0 Å². The zero-order chi connectivity index (χ0) is 11.9. The van der Waals surface area contributed by atoms with Crippen molar-refractivity contribution in [1.29, 1.82) is 0 Å². The van der Waals surface area contributed by atoms with E-state index in [-0.39, 0.29) is 12.3 Å². The average Bonchev–Trinajstić information content (AvgIpc) is 2.53. The van der Waals surface area contributed by atoms with Gasteiger partial charge in [-0.2, -0.15) is 0 Å². The Hall–Kier alpha value is -0.870. The van der Waals surface area contributed by atoms with Crippen LogP contribution >= 0.6 is 15.9 Å². The first-order valence-electron chi connectivity index (χ1n) is 5.24. The highest BCUT2D eigenvalue weighted by Gasteiger charge is 2.29. The van der Waals surface area contributed by atoms with Gasteiger partial charge in [0.2, 0.25) is 5.91 Å². The molecule has 1 N–H and O–H groups in total. The molecule has 1 aromatic rings. The topological polar surface area (TPSA) is 40.5 Å². The zero-order valence-corrected chi connectivity index (χ0v) is 10.9. The molecule has 1 unspecified atom stereocenters. The number of hydrogen-bond donors (Lipinski definition) is 1. The van der Waals surface area contributed by atoms with Crippen LogP contribution in [0.3, 0.4) is 0 Å². The lowest BCUT2D eigenvalue weighted by molar-refractivity contribution is -0.117. The van der Waals surface area contributed by atoms with Crippen LogP contribution < -0.4 is 4.90 Å². The van der Waals surface area contributed by atoms with Crippen LogP contribution in [-0.2, 0) is 4.79 Å². The maximum absolute atomic E-state index is 11.6. The third-order valence-corrected chi connectivity index (χ3v) is 4.09. The van der Waals surface area contributed by atoms with Crippen molar-refractivity contribution in [3.63, 3.8) is 0 Å². The number of β-amino-alcohol motifs (C(OH)–C–C–N with tert-alkyl or cyclic N) is 1. The zero-order valence-electron chi connectivity index (χ0n) is 9.33. The van der Waals surface area contributed by atoms with Gasteiger partial charge in [0.1, 0.15) is 0 Å². The summed E-state index contributed by atoms with van der Waals surface area (Å²) in [7, 11) is 0. The molecule has 0 saturated carbocycles. The van der Waals surface area contributed by atoms with Gasteiger partial charge in [-0.05, 0) is 37.1 Å². The SMILES string of the molecule is Cc1cc(N2CC(O)CC2=O)cc(C)c1Br. The number of carbonyl (C=O) groups excluding carboxylic acids is 1. The van der Waals surface area contributed by atoms with E-state index in [4.69, 9.17) is 0 Å². The summed E-state index contributed by atoms with van der Waals surface area (Å²) in [6, 6.07) is 3.93. The van der Waals surface area contributed by atoms with Crippen LogP contribution in [0.25, 0.3) is 0 Å². The van der Waals surface area contributed by atoms with E-state index in [0.717, 1.165) is 21.3 Å². The van der Waals surface area contributed by atoms with E-state index >= 15 is 0 Å². The number of anilines is 1. The number of halogens is 1. The monoisotopic (exact) mass is 283 g/mol.